The van der Waals surface area contributed by atoms with Gasteiger partial charge in [0, 0.05) is 22.8 Å². The third kappa shape index (κ3) is 6.89. The van der Waals surface area contributed by atoms with Crippen LogP contribution in [0.1, 0.15) is 41.6 Å². The van der Waals surface area contributed by atoms with Crippen molar-refractivity contribution in [2.45, 2.75) is 38.5 Å². The molecule has 2 amide bonds. The van der Waals surface area contributed by atoms with Crippen LogP contribution in [0.3, 0.4) is 0 Å². The van der Waals surface area contributed by atoms with Gasteiger partial charge < -0.3 is 19.9 Å². The summed E-state index contributed by atoms with van der Waals surface area (Å²) in [6, 6.07) is 11.8. The Morgan fingerprint density at radius 1 is 1.19 bits per heavy atom. The second kappa shape index (κ2) is 12.6. The Kier molecular flexibility index (Phi) is 9.55. The summed E-state index contributed by atoms with van der Waals surface area (Å²) < 4.78 is 7.04. The van der Waals surface area contributed by atoms with E-state index in [-0.39, 0.29) is 23.5 Å². The van der Waals surface area contributed by atoms with Crippen LogP contribution >= 0.6 is 23.4 Å². The molecule has 1 atom stereocenters. The summed E-state index contributed by atoms with van der Waals surface area (Å²) in [7, 11) is 1.58. The van der Waals surface area contributed by atoms with Crippen molar-refractivity contribution in [1.29, 1.82) is 0 Å². The van der Waals surface area contributed by atoms with Gasteiger partial charge in [0.25, 0.3) is 5.91 Å². The fraction of sp³-hybridized carbons (Fsp3) is 0.308. The van der Waals surface area contributed by atoms with Crippen LogP contribution in [0.15, 0.2) is 60.3 Å². The Morgan fingerprint density at radius 2 is 1.92 bits per heavy atom. The first-order valence-corrected chi connectivity index (χ1v) is 12.8. The van der Waals surface area contributed by atoms with E-state index in [0.717, 1.165) is 5.56 Å². The molecule has 0 fully saturated rings. The van der Waals surface area contributed by atoms with Crippen molar-refractivity contribution in [3.8, 4) is 5.75 Å². The Hall–Kier alpha value is -3.30. The average molecular weight is 528 g/mol. The maximum absolute atomic E-state index is 12.9. The number of ether oxygens (including phenoxy) is 1. The third-order valence-electron chi connectivity index (χ3n) is 5.44. The number of amides is 2. The van der Waals surface area contributed by atoms with E-state index in [1.165, 1.54) is 11.8 Å². The van der Waals surface area contributed by atoms with Gasteiger partial charge in [0.1, 0.15) is 5.75 Å². The number of carbonyl (C=O) groups excluding carboxylic acids is 2. The van der Waals surface area contributed by atoms with Crippen molar-refractivity contribution in [3.63, 3.8) is 0 Å². The van der Waals surface area contributed by atoms with Gasteiger partial charge in [-0.2, -0.15) is 0 Å². The minimum atomic E-state index is -0.396. The molecule has 36 heavy (non-hydrogen) atoms. The standard InChI is InChI=1S/C26H30ClN5O3S/c1-6-13-32-24(23(16(2)3)29-25(34)18-7-10-20(35-5)11-8-18)30-31-26(32)36-15-22(33)28-21-12-9-19(27)14-17(21)4/h6-12,14,16,23H,1,13,15H2,2-5H3,(H,28,33)(H,29,34). The highest BCUT2D eigenvalue weighted by Gasteiger charge is 2.26. The van der Waals surface area contributed by atoms with Gasteiger partial charge in [-0.05, 0) is 60.9 Å². The van der Waals surface area contributed by atoms with Crippen LogP contribution in [-0.4, -0.2) is 39.4 Å². The van der Waals surface area contributed by atoms with E-state index < -0.39 is 6.04 Å². The molecule has 0 aliphatic rings. The number of thioether (sulfide) groups is 1. The van der Waals surface area contributed by atoms with Crippen molar-refractivity contribution >= 4 is 40.9 Å². The highest BCUT2D eigenvalue weighted by atomic mass is 35.5. The summed E-state index contributed by atoms with van der Waals surface area (Å²) in [5.74, 6) is 1.05. The quantitative estimate of drug-likeness (QED) is 0.259. The van der Waals surface area contributed by atoms with Crippen molar-refractivity contribution in [2.75, 3.05) is 18.2 Å². The van der Waals surface area contributed by atoms with Crippen molar-refractivity contribution in [2.24, 2.45) is 5.92 Å². The number of carbonyl (C=O) groups is 2. The summed E-state index contributed by atoms with van der Waals surface area (Å²) in [6.45, 7) is 10.2. The molecule has 2 aromatic carbocycles. The number of aryl methyl sites for hydroxylation is 1. The van der Waals surface area contributed by atoms with Crippen molar-refractivity contribution in [3.05, 3.63) is 77.1 Å². The molecule has 2 N–H and O–H groups in total. The molecular formula is C26H30ClN5O3S. The van der Waals surface area contributed by atoms with E-state index >= 15 is 0 Å². The lowest BCUT2D eigenvalue weighted by molar-refractivity contribution is -0.113. The van der Waals surface area contributed by atoms with Gasteiger partial charge in [-0.1, -0.05) is 43.3 Å². The summed E-state index contributed by atoms with van der Waals surface area (Å²) in [5, 5.41) is 15.8. The summed E-state index contributed by atoms with van der Waals surface area (Å²) in [4.78, 5) is 25.5. The second-order valence-corrected chi connectivity index (χ2v) is 9.84. The van der Waals surface area contributed by atoms with Gasteiger partial charge in [-0.3, -0.25) is 9.59 Å². The molecule has 10 heteroatoms. The van der Waals surface area contributed by atoms with Crippen LogP contribution in [0.2, 0.25) is 5.02 Å². The zero-order valence-corrected chi connectivity index (χ0v) is 22.3. The van der Waals surface area contributed by atoms with E-state index in [0.29, 0.717) is 39.5 Å². The lowest BCUT2D eigenvalue weighted by Crippen LogP contribution is -2.33. The lowest BCUT2D eigenvalue weighted by Gasteiger charge is -2.22. The maximum Gasteiger partial charge on any atom is 0.251 e. The summed E-state index contributed by atoms with van der Waals surface area (Å²) in [6.07, 6.45) is 1.73. The van der Waals surface area contributed by atoms with E-state index in [2.05, 4.69) is 27.4 Å². The molecule has 8 nitrogen and oxygen atoms in total. The molecule has 3 rings (SSSR count). The number of hydrogen-bond donors (Lipinski definition) is 2. The molecule has 0 aliphatic carbocycles. The first-order chi connectivity index (χ1) is 17.2. The first-order valence-electron chi connectivity index (χ1n) is 11.4. The number of benzene rings is 2. The Morgan fingerprint density at radius 3 is 2.53 bits per heavy atom. The van der Waals surface area contributed by atoms with Gasteiger partial charge in [-0.25, -0.2) is 0 Å². The molecule has 0 aliphatic heterocycles. The van der Waals surface area contributed by atoms with Gasteiger partial charge in [-0.15, -0.1) is 16.8 Å². The molecule has 1 aromatic heterocycles. The number of allylic oxidation sites excluding steroid dienone is 1. The lowest BCUT2D eigenvalue weighted by atomic mass is 10.0. The van der Waals surface area contributed by atoms with E-state index in [4.69, 9.17) is 16.3 Å². The number of methoxy groups -OCH3 is 1. The van der Waals surface area contributed by atoms with Crippen molar-refractivity contribution in [1.82, 2.24) is 20.1 Å². The van der Waals surface area contributed by atoms with E-state index in [1.807, 2.05) is 25.3 Å². The molecule has 0 saturated heterocycles. The second-order valence-electron chi connectivity index (χ2n) is 8.46. The number of rotatable bonds is 11. The Labute approximate surface area is 220 Å². The largest absolute Gasteiger partial charge is 0.497 e. The Balaban J connectivity index is 1.74. The fourth-order valence-electron chi connectivity index (χ4n) is 3.52. The van der Waals surface area contributed by atoms with Crippen LogP contribution in [-0.2, 0) is 11.3 Å². The third-order valence-corrected chi connectivity index (χ3v) is 6.64. The van der Waals surface area contributed by atoms with Crippen LogP contribution in [0.4, 0.5) is 5.69 Å². The molecule has 0 radical (unpaired) electrons. The number of nitrogens with one attached hydrogen (secondary N) is 2. The zero-order valence-electron chi connectivity index (χ0n) is 20.7. The number of hydrogen-bond acceptors (Lipinski definition) is 6. The summed E-state index contributed by atoms with van der Waals surface area (Å²) >= 11 is 7.27. The molecule has 1 unspecified atom stereocenters. The number of aromatic nitrogens is 3. The molecule has 1 heterocycles. The molecule has 0 bridgehead atoms. The highest BCUT2D eigenvalue weighted by molar-refractivity contribution is 7.99. The van der Waals surface area contributed by atoms with Crippen LogP contribution in [0.5, 0.6) is 5.75 Å². The SMILES string of the molecule is C=CCn1c(SCC(=O)Nc2ccc(Cl)cc2C)nnc1C(NC(=O)c1ccc(OC)cc1)C(C)C. The topological polar surface area (TPSA) is 98.1 Å². The molecule has 190 valence electrons. The minimum Gasteiger partial charge on any atom is -0.497 e. The number of anilines is 1. The van der Waals surface area contributed by atoms with Crippen LogP contribution < -0.4 is 15.4 Å². The smallest absolute Gasteiger partial charge is 0.251 e. The molecule has 3 aromatic rings. The fourth-order valence-corrected chi connectivity index (χ4v) is 4.50. The average Bonchev–Trinajstić information content (AvgIpc) is 3.25. The number of halogens is 1. The molecule has 0 saturated carbocycles. The number of nitrogens with zero attached hydrogens (tertiary/aromatic N) is 3. The van der Waals surface area contributed by atoms with Crippen LogP contribution in [0, 0.1) is 12.8 Å². The maximum atomic E-state index is 12.9. The van der Waals surface area contributed by atoms with Crippen molar-refractivity contribution < 1.29 is 14.3 Å². The molecule has 0 spiro atoms. The van der Waals surface area contributed by atoms with Gasteiger partial charge >= 0.3 is 0 Å². The highest BCUT2D eigenvalue weighted by Crippen LogP contribution is 2.26. The predicted octanol–water partition coefficient (Wildman–Crippen LogP) is 5.29. The van der Waals surface area contributed by atoms with E-state index in [1.54, 1.807) is 55.7 Å². The van der Waals surface area contributed by atoms with Crippen LogP contribution in [0.25, 0.3) is 0 Å². The van der Waals surface area contributed by atoms with Gasteiger partial charge in [0.15, 0.2) is 11.0 Å². The first kappa shape index (κ1) is 27.3. The Bertz CT molecular complexity index is 1230. The van der Waals surface area contributed by atoms with Gasteiger partial charge in [0.05, 0.1) is 18.9 Å². The zero-order chi connectivity index (χ0) is 26.2. The molecular weight excluding hydrogens is 498 g/mol. The van der Waals surface area contributed by atoms with E-state index in [9.17, 15) is 9.59 Å². The summed E-state index contributed by atoms with van der Waals surface area (Å²) in [5.41, 5.74) is 2.10. The predicted molar refractivity (Wildman–Crippen MR) is 144 cm³/mol. The normalized spacial score (nSPS) is 11.7. The monoisotopic (exact) mass is 527 g/mol. The minimum absolute atomic E-state index is 0.0361. The van der Waals surface area contributed by atoms with Gasteiger partial charge in [0.2, 0.25) is 5.91 Å².